The minimum Gasteiger partial charge on any atom is -0.394 e. The van der Waals surface area contributed by atoms with Gasteiger partial charge in [0, 0.05) is 26.1 Å². The molecule has 1 amide bonds. The number of hydrogen-bond acceptors (Lipinski definition) is 5. The second kappa shape index (κ2) is 6.18. The summed E-state index contributed by atoms with van der Waals surface area (Å²) in [4.78, 5) is 21.7. The van der Waals surface area contributed by atoms with Crippen LogP contribution in [0.4, 0.5) is 11.5 Å². The molecule has 2 rings (SSSR count). The Balaban J connectivity index is 1.75. The lowest BCUT2D eigenvalue weighted by atomic mass is 10.1. The summed E-state index contributed by atoms with van der Waals surface area (Å²) < 4.78 is 0. The maximum Gasteiger partial charge on any atom is 0.224 e. The summed E-state index contributed by atoms with van der Waals surface area (Å²) in [5.74, 6) is 0.797. The van der Waals surface area contributed by atoms with E-state index < -0.39 is 0 Å². The first-order valence-corrected chi connectivity index (χ1v) is 6.34. The quantitative estimate of drug-likeness (QED) is 0.827. The largest absolute Gasteiger partial charge is 0.394 e. The number of likely N-dealkylation sites (tertiary alicyclic amines) is 1. The van der Waals surface area contributed by atoms with Crippen LogP contribution in [0.1, 0.15) is 25.7 Å². The Kier molecular flexibility index (Phi) is 4.33. The van der Waals surface area contributed by atoms with Crippen LogP contribution in [0.15, 0.2) is 12.5 Å². The maximum atomic E-state index is 11.9. The first kappa shape index (κ1) is 12.6. The fourth-order valence-corrected chi connectivity index (χ4v) is 2.08. The first-order valence-electron chi connectivity index (χ1n) is 6.34. The molecule has 1 aromatic rings. The van der Waals surface area contributed by atoms with Gasteiger partial charge in [0.1, 0.15) is 6.33 Å². The summed E-state index contributed by atoms with van der Waals surface area (Å²) >= 11 is 0. The van der Waals surface area contributed by atoms with Gasteiger partial charge in [-0.25, -0.2) is 9.97 Å². The summed E-state index contributed by atoms with van der Waals surface area (Å²) in [5, 5.41) is 3.06. The van der Waals surface area contributed by atoms with Crippen molar-refractivity contribution in [3.8, 4) is 0 Å². The SMILES string of the molecule is Nc1cncnc1NCCC(=O)N1CCCCC1. The smallest absolute Gasteiger partial charge is 0.224 e. The molecule has 0 aliphatic carbocycles. The maximum absolute atomic E-state index is 11.9. The Morgan fingerprint density at radius 3 is 2.89 bits per heavy atom. The normalized spacial score (nSPS) is 15.4. The predicted octanol–water partition coefficient (Wildman–Crippen LogP) is 0.873. The van der Waals surface area contributed by atoms with Crippen molar-refractivity contribution in [2.24, 2.45) is 0 Å². The van der Waals surface area contributed by atoms with Crippen molar-refractivity contribution in [2.45, 2.75) is 25.7 Å². The van der Waals surface area contributed by atoms with Crippen molar-refractivity contribution in [1.29, 1.82) is 0 Å². The van der Waals surface area contributed by atoms with E-state index in [9.17, 15) is 4.79 Å². The van der Waals surface area contributed by atoms with Gasteiger partial charge in [-0.3, -0.25) is 4.79 Å². The number of nitrogens with zero attached hydrogens (tertiary/aromatic N) is 3. The molecule has 1 aliphatic rings. The van der Waals surface area contributed by atoms with E-state index in [1.54, 1.807) is 6.20 Å². The Labute approximate surface area is 107 Å². The standard InChI is InChI=1S/C12H19N5O/c13-10-8-14-9-16-12(10)15-5-4-11(18)17-6-2-1-3-7-17/h8-9H,1-7,13H2,(H,14,15,16). The minimum atomic E-state index is 0.204. The second-order valence-corrected chi connectivity index (χ2v) is 4.44. The number of hydrogen-bond donors (Lipinski definition) is 2. The fourth-order valence-electron chi connectivity index (χ4n) is 2.08. The number of anilines is 2. The number of aromatic nitrogens is 2. The van der Waals surface area contributed by atoms with E-state index in [4.69, 9.17) is 5.73 Å². The average Bonchev–Trinajstić information content (AvgIpc) is 2.42. The van der Waals surface area contributed by atoms with E-state index in [0.717, 1.165) is 25.9 Å². The zero-order valence-corrected chi connectivity index (χ0v) is 10.4. The van der Waals surface area contributed by atoms with Gasteiger partial charge in [0.15, 0.2) is 5.82 Å². The van der Waals surface area contributed by atoms with Gasteiger partial charge in [0.25, 0.3) is 0 Å². The molecule has 98 valence electrons. The van der Waals surface area contributed by atoms with Crippen LogP contribution in [0.3, 0.4) is 0 Å². The van der Waals surface area contributed by atoms with Crippen molar-refractivity contribution >= 4 is 17.4 Å². The van der Waals surface area contributed by atoms with Gasteiger partial charge in [0.05, 0.1) is 11.9 Å². The first-order chi connectivity index (χ1) is 8.77. The summed E-state index contributed by atoms with van der Waals surface area (Å²) in [6.07, 6.45) is 6.94. The van der Waals surface area contributed by atoms with Gasteiger partial charge in [-0.05, 0) is 19.3 Å². The van der Waals surface area contributed by atoms with E-state index in [0.29, 0.717) is 24.5 Å². The molecule has 0 bridgehead atoms. The second-order valence-electron chi connectivity index (χ2n) is 4.44. The van der Waals surface area contributed by atoms with Crippen LogP contribution in [0, 0.1) is 0 Å². The van der Waals surface area contributed by atoms with E-state index in [2.05, 4.69) is 15.3 Å². The molecular weight excluding hydrogens is 230 g/mol. The minimum absolute atomic E-state index is 0.204. The fraction of sp³-hybridized carbons (Fsp3) is 0.583. The molecule has 18 heavy (non-hydrogen) atoms. The van der Waals surface area contributed by atoms with Crippen LogP contribution in [-0.4, -0.2) is 40.4 Å². The third-order valence-corrected chi connectivity index (χ3v) is 3.08. The van der Waals surface area contributed by atoms with Gasteiger partial charge in [-0.15, -0.1) is 0 Å². The van der Waals surface area contributed by atoms with E-state index >= 15 is 0 Å². The molecule has 0 radical (unpaired) electrons. The molecule has 2 heterocycles. The van der Waals surface area contributed by atoms with Crippen LogP contribution in [-0.2, 0) is 4.79 Å². The van der Waals surface area contributed by atoms with Gasteiger partial charge in [0.2, 0.25) is 5.91 Å². The molecule has 3 N–H and O–H groups in total. The molecule has 6 nitrogen and oxygen atoms in total. The lowest BCUT2D eigenvalue weighted by Gasteiger charge is -2.26. The van der Waals surface area contributed by atoms with Crippen molar-refractivity contribution in [2.75, 3.05) is 30.7 Å². The molecule has 0 aromatic carbocycles. The van der Waals surface area contributed by atoms with Crippen molar-refractivity contribution in [1.82, 2.24) is 14.9 Å². The van der Waals surface area contributed by atoms with Crippen molar-refractivity contribution in [3.05, 3.63) is 12.5 Å². The lowest BCUT2D eigenvalue weighted by molar-refractivity contribution is -0.131. The number of amides is 1. The summed E-state index contributed by atoms with van der Waals surface area (Å²) in [6, 6.07) is 0. The molecule has 0 unspecified atom stereocenters. The predicted molar refractivity (Wildman–Crippen MR) is 70.0 cm³/mol. The van der Waals surface area contributed by atoms with Crippen molar-refractivity contribution < 1.29 is 4.79 Å². The third kappa shape index (κ3) is 3.32. The molecule has 1 fully saturated rings. The molecule has 0 saturated carbocycles. The highest BCUT2D eigenvalue weighted by atomic mass is 16.2. The number of nitrogens with one attached hydrogen (secondary N) is 1. The highest BCUT2D eigenvalue weighted by Crippen LogP contribution is 2.12. The number of piperidine rings is 1. The molecule has 0 spiro atoms. The Morgan fingerprint density at radius 1 is 1.39 bits per heavy atom. The highest BCUT2D eigenvalue weighted by Gasteiger charge is 2.15. The summed E-state index contributed by atoms with van der Waals surface area (Å²) in [5.41, 5.74) is 6.20. The van der Waals surface area contributed by atoms with Crippen LogP contribution in [0.5, 0.6) is 0 Å². The van der Waals surface area contributed by atoms with E-state index in [1.165, 1.54) is 12.7 Å². The zero-order chi connectivity index (χ0) is 12.8. The van der Waals surface area contributed by atoms with Gasteiger partial charge in [-0.2, -0.15) is 0 Å². The number of nitrogen functional groups attached to an aromatic ring is 1. The monoisotopic (exact) mass is 249 g/mol. The topological polar surface area (TPSA) is 84.1 Å². The van der Waals surface area contributed by atoms with E-state index in [-0.39, 0.29) is 5.91 Å². The Morgan fingerprint density at radius 2 is 2.17 bits per heavy atom. The highest BCUT2D eigenvalue weighted by molar-refractivity contribution is 5.77. The van der Waals surface area contributed by atoms with E-state index in [1.807, 2.05) is 4.90 Å². The molecular formula is C12H19N5O. The van der Waals surface area contributed by atoms with Crippen LogP contribution < -0.4 is 11.1 Å². The Hall–Kier alpha value is -1.85. The molecule has 6 heteroatoms. The van der Waals surface area contributed by atoms with Gasteiger partial charge < -0.3 is 16.0 Å². The molecule has 1 aliphatic heterocycles. The number of carbonyl (C=O) groups excluding carboxylic acids is 1. The third-order valence-electron chi connectivity index (χ3n) is 3.08. The summed E-state index contributed by atoms with van der Waals surface area (Å²) in [6.45, 7) is 2.35. The van der Waals surface area contributed by atoms with Crippen molar-refractivity contribution in [3.63, 3.8) is 0 Å². The summed E-state index contributed by atoms with van der Waals surface area (Å²) in [7, 11) is 0. The number of rotatable bonds is 4. The lowest BCUT2D eigenvalue weighted by Crippen LogP contribution is -2.36. The van der Waals surface area contributed by atoms with Crippen LogP contribution in [0.2, 0.25) is 0 Å². The Bertz CT molecular complexity index is 403. The molecule has 0 atom stereocenters. The van der Waals surface area contributed by atoms with Gasteiger partial charge >= 0.3 is 0 Å². The average molecular weight is 249 g/mol. The zero-order valence-electron chi connectivity index (χ0n) is 10.4. The number of carbonyl (C=O) groups is 1. The molecule has 1 saturated heterocycles. The molecule has 1 aromatic heterocycles. The van der Waals surface area contributed by atoms with Crippen LogP contribution >= 0.6 is 0 Å². The van der Waals surface area contributed by atoms with Crippen LogP contribution in [0.25, 0.3) is 0 Å². The number of nitrogens with two attached hydrogens (primary N) is 1. The van der Waals surface area contributed by atoms with Gasteiger partial charge in [-0.1, -0.05) is 0 Å².